The highest BCUT2D eigenvalue weighted by Crippen LogP contribution is 2.38. The van der Waals surface area contributed by atoms with Crippen molar-refractivity contribution in [3.05, 3.63) is 88.6 Å². The fraction of sp³-hybridized carbons (Fsp3) is 0.154. The van der Waals surface area contributed by atoms with Crippen LogP contribution in [0.15, 0.2) is 66.4 Å². The molecule has 0 saturated heterocycles. The number of benzene rings is 3. The van der Waals surface area contributed by atoms with E-state index in [1.807, 2.05) is 63.2 Å². The number of nitrogens with zero attached hydrogens (tertiary/aromatic N) is 1. The van der Waals surface area contributed by atoms with Crippen molar-refractivity contribution in [1.29, 1.82) is 0 Å². The Balaban J connectivity index is 1.61. The monoisotopic (exact) mass is 426 g/mol. The van der Waals surface area contributed by atoms with Gasteiger partial charge in [0.2, 0.25) is 6.79 Å². The number of aryl methyl sites for hydroxylation is 3. The van der Waals surface area contributed by atoms with Crippen molar-refractivity contribution in [2.75, 3.05) is 17.0 Å². The topological polar surface area (TPSA) is 67.9 Å². The van der Waals surface area contributed by atoms with E-state index in [-0.39, 0.29) is 18.4 Å². The fourth-order valence-electron chi connectivity index (χ4n) is 3.93. The molecule has 0 saturated carbocycles. The molecule has 0 unspecified atom stereocenters. The van der Waals surface area contributed by atoms with E-state index in [9.17, 15) is 9.59 Å². The van der Waals surface area contributed by atoms with E-state index in [0.29, 0.717) is 34.0 Å². The van der Waals surface area contributed by atoms with E-state index in [1.54, 1.807) is 18.2 Å². The number of anilines is 2. The first kappa shape index (κ1) is 19.9. The smallest absolute Gasteiger partial charge is 0.282 e. The molecule has 5 rings (SSSR count). The van der Waals surface area contributed by atoms with Gasteiger partial charge in [-0.1, -0.05) is 42.0 Å². The van der Waals surface area contributed by atoms with Crippen LogP contribution in [0.2, 0.25) is 0 Å². The Hall–Kier alpha value is -4.06. The number of amides is 2. The molecule has 0 bridgehead atoms. The van der Waals surface area contributed by atoms with E-state index >= 15 is 0 Å². The predicted octanol–water partition coefficient (Wildman–Crippen LogP) is 4.74. The molecule has 2 heterocycles. The molecule has 0 aromatic heterocycles. The van der Waals surface area contributed by atoms with Gasteiger partial charge in [-0.25, -0.2) is 4.90 Å². The summed E-state index contributed by atoms with van der Waals surface area (Å²) in [5.74, 6) is 0.498. The summed E-state index contributed by atoms with van der Waals surface area (Å²) in [6.07, 6.45) is 0. The largest absolute Gasteiger partial charge is 0.454 e. The van der Waals surface area contributed by atoms with Gasteiger partial charge in [0.25, 0.3) is 11.8 Å². The number of nitrogens with one attached hydrogen (secondary N) is 1. The highest BCUT2D eigenvalue weighted by molar-refractivity contribution is 6.46. The molecule has 0 atom stereocenters. The predicted molar refractivity (Wildman–Crippen MR) is 123 cm³/mol. The number of imide groups is 1. The lowest BCUT2D eigenvalue weighted by atomic mass is 10.0. The zero-order valence-electron chi connectivity index (χ0n) is 18.1. The van der Waals surface area contributed by atoms with Crippen molar-refractivity contribution in [2.45, 2.75) is 20.8 Å². The van der Waals surface area contributed by atoms with Gasteiger partial charge in [-0.05, 0) is 55.7 Å². The van der Waals surface area contributed by atoms with Gasteiger partial charge in [-0.15, -0.1) is 0 Å². The SMILES string of the molecule is Cc1ccc(C2=C(Nc3ccc4c(c3)OCO4)C(=O)N(c3cc(C)ccc3C)C2=O)cc1. The molecular weight excluding hydrogens is 404 g/mol. The molecule has 160 valence electrons. The summed E-state index contributed by atoms with van der Waals surface area (Å²) in [5, 5.41) is 3.18. The number of hydrogen-bond acceptors (Lipinski definition) is 5. The fourth-order valence-corrected chi connectivity index (χ4v) is 3.93. The normalized spacial score (nSPS) is 15.0. The Morgan fingerprint density at radius 1 is 0.781 bits per heavy atom. The third-order valence-corrected chi connectivity index (χ3v) is 5.67. The number of fused-ring (bicyclic) bond motifs is 1. The van der Waals surface area contributed by atoms with Gasteiger partial charge in [0.15, 0.2) is 11.5 Å². The van der Waals surface area contributed by atoms with Crippen LogP contribution in [-0.4, -0.2) is 18.6 Å². The number of ether oxygens (including phenoxy) is 2. The van der Waals surface area contributed by atoms with Crippen molar-refractivity contribution >= 4 is 28.8 Å². The summed E-state index contributed by atoms with van der Waals surface area (Å²) >= 11 is 0. The summed E-state index contributed by atoms with van der Waals surface area (Å²) in [6.45, 7) is 5.97. The summed E-state index contributed by atoms with van der Waals surface area (Å²) in [6, 6.07) is 18.7. The standard InChI is InChI=1S/C26H22N2O4/c1-15-5-8-18(9-6-15)23-24(27-19-10-11-21-22(13-19)32-14-31-21)26(30)28(25(23)29)20-12-16(2)4-7-17(20)3/h4-13,27H,14H2,1-3H3. The zero-order valence-corrected chi connectivity index (χ0v) is 18.1. The molecule has 2 aliphatic heterocycles. The minimum absolute atomic E-state index is 0.161. The van der Waals surface area contributed by atoms with Crippen LogP contribution in [-0.2, 0) is 9.59 Å². The van der Waals surface area contributed by atoms with Crippen LogP contribution in [0.25, 0.3) is 5.57 Å². The van der Waals surface area contributed by atoms with E-state index in [1.165, 1.54) is 4.90 Å². The maximum Gasteiger partial charge on any atom is 0.282 e. The first-order chi connectivity index (χ1) is 15.4. The van der Waals surface area contributed by atoms with E-state index in [0.717, 1.165) is 16.7 Å². The van der Waals surface area contributed by atoms with Crippen molar-refractivity contribution in [3.8, 4) is 11.5 Å². The maximum absolute atomic E-state index is 13.6. The second-order valence-corrected chi connectivity index (χ2v) is 8.04. The Bertz CT molecular complexity index is 1290. The van der Waals surface area contributed by atoms with E-state index in [4.69, 9.17) is 9.47 Å². The van der Waals surface area contributed by atoms with Gasteiger partial charge in [-0.2, -0.15) is 0 Å². The number of carbonyl (C=O) groups is 2. The average Bonchev–Trinajstić information content (AvgIpc) is 3.33. The van der Waals surface area contributed by atoms with Crippen LogP contribution in [0.4, 0.5) is 11.4 Å². The minimum atomic E-state index is -0.392. The Labute approximate surface area is 186 Å². The molecule has 0 spiro atoms. The molecule has 2 amide bonds. The molecular formula is C26H22N2O4. The van der Waals surface area contributed by atoms with Crippen LogP contribution in [0.3, 0.4) is 0 Å². The number of rotatable bonds is 4. The lowest BCUT2D eigenvalue weighted by molar-refractivity contribution is -0.120. The molecule has 3 aromatic carbocycles. The van der Waals surface area contributed by atoms with Crippen molar-refractivity contribution in [2.24, 2.45) is 0 Å². The third kappa shape index (κ3) is 3.30. The number of carbonyl (C=O) groups excluding carboxylic acids is 2. The number of hydrogen-bond donors (Lipinski definition) is 1. The quantitative estimate of drug-likeness (QED) is 0.611. The lowest BCUT2D eigenvalue weighted by Gasteiger charge is -2.18. The van der Waals surface area contributed by atoms with Gasteiger partial charge < -0.3 is 14.8 Å². The van der Waals surface area contributed by atoms with Crippen molar-refractivity contribution in [3.63, 3.8) is 0 Å². The van der Waals surface area contributed by atoms with Gasteiger partial charge in [0.1, 0.15) is 5.70 Å². The van der Waals surface area contributed by atoms with Crippen LogP contribution in [0.1, 0.15) is 22.3 Å². The van der Waals surface area contributed by atoms with E-state index < -0.39 is 5.91 Å². The molecule has 6 heteroatoms. The second kappa shape index (κ2) is 7.57. The first-order valence-electron chi connectivity index (χ1n) is 10.4. The highest BCUT2D eigenvalue weighted by Gasteiger charge is 2.41. The molecule has 6 nitrogen and oxygen atoms in total. The van der Waals surface area contributed by atoms with Gasteiger partial charge in [0.05, 0.1) is 11.3 Å². The molecule has 0 radical (unpaired) electrons. The van der Waals surface area contributed by atoms with Crippen LogP contribution < -0.4 is 19.7 Å². The zero-order chi connectivity index (χ0) is 22.4. The Morgan fingerprint density at radius 2 is 1.50 bits per heavy atom. The van der Waals surface area contributed by atoms with Crippen LogP contribution in [0, 0.1) is 20.8 Å². The molecule has 2 aliphatic rings. The Kier molecular flexibility index (Phi) is 4.70. The Morgan fingerprint density at radius 3 is 2.28 bits per heavy atom. The molecule has 1 N–H and O–H groups in total. The van der Waals surface area contributed by atoms with Gasteiger partial charge in [0, 0.05) is 11.8 Å². The van der Waals surface area contributed by atoms with Crippen LogP contribution in [0.5, 0.6) is 11.5 Å². The first-order valence-corrected chi connectivity index (χ1v) is 10.4. The summed E-state index contributed by atoms with van der Waals surface area (Å²) in [4.78, 5) is 28.5. The van der Waals surface area contributed by atoms with E-state index in [2.05, 4.69) is 5.32 Å². The van der Waals surface area contributed by atoms with Gasteiger partial charge >= 0.3 is 0 Å². The molecule has 0 aliphatic carbocycles. The molecule has 32 heavy (non-hydrogen) atoms. The second-order valence-electron chi connectivity index (χ2n) is 8.04. The molecule has 3 aromatic rings. The highest BCUT2D eigenvalue weighted by atomic mass is 16.7. The lowest BCUT2D eigenvalue weighted by Crippen LogP contribution is -2.33. The summed E-state index contributed by atoms with van der Waals surface area (Å²) < 4.78 is 10.8. The summed E-state index contributed by atoms with van der Waals surface area (Å²) in [7, 11) is 0. The van der Waals surface area contributed by atoms with Crippen LogP contribution >= 0.6 is 0 Å². The average molecular weight is 426 g/mol. The van der Waals surface area contributed by atoms with Crippen molar-refractivity contribution < 1.29 is 19.1 Å². The minimum Gasteiger partial charge on any atom is -0.454 e. The van der Waals surface area contributed by atoms with Crippen molar-refractivity contribution in [1.82, 2.24) is 0 Å². The maximum atomic E-state index is 13.6. The summed E-state index contributed by atoms with van der Waals surface area (Å²) in [5.41, 5.74) is 5.38. The molecule has 0 fully saturated rings. The van der Waals surface area contributed by atoms with Gasteiger partial charge in [-0.3, -0.25) is 9.59 Å². The third-order valence-electron chi connectivity index (χ3n) is 5.67.